The molecule has 0 radical (unpaired) electrons. The average Bonchev–Trinajstić information content (AvgIpc) is 2.66. The summed E-state index contributed by atoms with van der Waals surface area (Å²) in [5.41, 5.74) is 1.16. The smallest absolute Gasteiger partial charge is 0.124 e. The second kappa shape index (κ2) is 7.90. The molecule has 0 spiro atoms. The molecule has 0 amide bonds. The van der Waals surface area contributed by atoms with Crippen LogP contribution in [0, 0.1) is 6.92 Å². The van der Waals surface area contributed by atoms with Gasteiger partial charge in [-0.3, -0.25) is 0 Å². The molecule has 0 saturated heterocycles. The first-order valence-corrected chi connectivity index (χ1v) is 8.24. The molecule has 0 aromatic heterocycles. The molecule has 2 nitrogen and oxygen atoms in total. The zero-order chi connectivity index (χ0) is 14.4. The molecule has 1 saturated carbocycles. The van der Waals surface area contributed by atoms with Gasteiger partial charge in [0.1, 0.15) is 11.9 Å². The molecule has 2 unspecified atom stereocenters. The molecule has 1 aromatic rings. The van der Waals surface area contributed by atoms with E-state index in [9.17, 15) is 0 Å². The largest absolute Gasteiger partial charge is 0.488 e. The first kappa shape index (κ1) is 15.7. The van der Waals surface area contributed by atoms with Crippen molar-refractivity contribution in [3.05, 3.63) is 28.8 Å². The highest BCUT2D eigenvalue weighted by atomic mass is 35.5. The summed E-state index contributed by atoms with van der Waals surface area (Å²) in [6, 6.07) is 6.36. The standard InChI is InChI=1S/C17H26ClNO/c1-3-11-19-15-7-5-4-6-8-16(15)20-17-12-14(18)10-9-13(17)2/h9-10,12,15-16,19H,3-8,11H2,1-2H3. The maximum Gasteiger partial charge on any atom is 0.124 e. The number of hydrogen-bond donors (Lipinski definition) is 1. The number of aryl methyl sites for hydroxylation is 1. The maximum atomic E-state index is 6.31. The van der Waals surface area contributed by atoms with Crippen LogP contribution in [0.4, 0.5) is 0 Å². The third kappa shape index (κ3) is 4.39. The fourth-order valence-electron chi connectivity index (χ4n) is 2.84. The third-order valence-corrected chi connectivity index (χ3v) is 4.27. The molecule has 1 aliphatic carbocycles. The maximum absolute atomic E-state index is 6.31. The fourth-order valence-corrected chi connectivity index (χ4v) is 3.00. The summed E-state index contributed by atoms with van der Waals surface area (Å²) in [7, 11) is 0. The number of hydrogen-bond acceptors (Lipinski definition) is 2. The van der Waals surface area contributed by atoms with E-state index in [4.69, 9.17) is 16.3 Å². The van der Waals surface area contributed by atoms with Crippen LogP contribution in [-0.2, 0) is 0 Å². The van der Waals surface area contributed by atoms with Crippen molar-refractivity contribution in [3.63, 3.8) is 0 Å². The lowest BCUT2D eigenvalue weighted by molar-refractivity contribution is 0.144. The lowest BCUT2D eigenvalue weighted by Gasteiger charge is -2.28. The number of ether oxygens (including phenoxy) is 1. The van der Waals surface area contributed by atoms with Crippen LogP contribution in [0.2, 0.25) is 5.02 Å². The van der Waals surface area contributed by atoms with Crippen LogP contribution >= 0.6 is 11.6 Å². The Hall–Kier alpha value is -0.730. The van der Waals surface area contributed by atoms with Gasteiger partial charge >= 0.3 is 0 Å². The molecule has 112 valence electrons. The topological polar surface area (TPSA) is 21.3 Å². The minimum atomic E-state index is 0.265. The van der Waals surface area contributed by atoms with Crippen molar-refractivity contribution in [1.82, 2.24) is 5.32 Å². The molecule has 1 fully saturated rings. The number of rotatable bonds is 5. The SMILES string of the molecule is CCCNC1CCCCCC1Oc1cc(Cl)ccc1C. The van der Waals surface area contributed by atoms with E-state index in [1.54, 1.807) is 0 Å². The van der Waals surface area contributed by atoms with Gasteiger partial charge in [0, 0.05) is 11.1 Å². The lowest BCUT2D eigenvalue weighted by Crippen LogP contribution is -2.42. The summed E-state index contributed by atoms with van der Waals surface area (Å²) in [4.78, 5) is 0. The van der Waals surface area contributed by atoms with E-state index in [2.05, 4.69) is 19.2 Å². The van der Waals surface area contributed by atoms with Gasteiger partial charge in [0.15, 0.2) is 0 Å². The fraction of sp³-hybridized carbons (Fsp3) is 0.647. The molecule has 0 heterocycles. The van der Waals surface area contributed by atoms with Crippen LogP contribution in [0.5, 0.6) is 5.75 Å². The Morgan fingerprint density at radius 1 is 1.25 bits per heavy atom. The summed E-state index contributed by atoms with van der Waals surface area (Å²) in [5.74, 6) is 0.938. The Labute approximate surface area is 127 Å². The lowest BCUT2D eigenvalue weighted by atomic mass is 10.1. The van der Waals surface area contributed by atoms with E-state index in [0.717, 1.165) is 29.3 Å². The van der Waals surface area contributed by atoms with Crippen molar-refractivity contribution in [3.8, 4) is 5.75 Å². The van der Waals surface area contributed by atoms with Gasteiger partial charge in [-0.25, -0.2) is 0 Å². The van der Waals surface area contributed by atoms with E-state index < -0.39 is 0 Å². The summed E-state index contributed by atoms with van der Waals surface area (Å²) in [5, 5.41) is 4.41. The Morgan fingerprint density at radius 2 is 2.05 bits per heavy atom. The van der Waals surface area contributed by atoms with Gasteiger partial charge < -0.3 is 10.1 Å². The van der Waals surface area contributed by atoms with Gasteiger partial charge in [0.2, 0.25) is 0 Å². The normalized spacial score (nSPS) is 23.4. The molecular formula is C17H26ClNO. The second-order valence-corrected chi connectivity index (χ2v) is 6.20. The highest BCUT2D eigenvalue weighted by molar-refractivity contribution is 6.30. The second-order valence-electron chi connectivity index (χ2n) is 5.76. The minimum absolute atomic E-state index is 0.265. The monoisotopic (exact) mass is 295 g/mol. The van der Waals surface area contributed by atoms with Gasteiger partial charge in [-0.1, -0.05) is 37.4 Å². The van der Waals surface area contributed by atoms with Gasteiger partial charge in [-0.2, -0.15) is 0 Å². The summed E-state index contributed by atoms with van der Waals surface area (Å²) in [6.07, 6.45) is 7.65. The van der Waals surface area contributed by atoms with E-state index in [1.807, 2.05) is 18.2 Å². The average molecular weight is 296 g/mol. The quantitative estimate of drug-likeness (QED) is 0.793. The molecule has 1 aliphatic rings. The molecule has 3 heteroatoms. The van der Waals surface area contributed by atoms with Gasteiger partial charge in [-0.05, 0) is 56.8 Å². The summed E-state index contributed by atoms with van der Waals surface area (Å²) >= 11 is 6.09. The third-order valence-electron chi connectivity index (χ3n) is 4.04. The van der Waals surface area contributed by atoms with Crippen molar-refractivity contribution in [1.29, 1.82) is 0 Å². The van der Waals surface area contributed by atoms with Crippen LogP contribution in [0.15, 0.2) is 18.2 Å². The Kier molecular flexibility index (Phi) is 6.18. The molecule has 1 aromatic carbocycles. The summed E-state index contributed by atoms with van der Waals surface area (Å²) in [6.45, 7) is 5.36. The highest BCUT2D eigenvalue weighted by Crippen LogP contribution is 2.28. The van der Waals surface area contributed by atoms with Crippen molar-refractivity contribution in [2.45, 2.75) is 64.5 Å². The van der Waals surface area contributed by atoms with Crippen LogP contribution < -0.4 is 10.1 Å². The van der Waals surface area contributed by atoms with Gasteiger partial charge in [0.25, 0.3) is 0 Å². The van der Waals surface area contributed by atoms with Crippen LogP contribution in [0.25, 0.3) is 0 Å². The van der Waals surface area contributed by atoms with Crippen molar-refractivity contribution in [2.75, 3.05) is 6.54 Å². The Bertz CT molecular complexity index is 421. The molecule has 0 aliphatic heterocycles. The van der Waals surface area contributed by atoms with Crippen molar-refractivity contribution >= 4 is 11.6 Å². The van der Waals surface area contributed by atoms with E-state index in [1.165, 1.54) is 32.1 Å². The van der Waals surface area contributed by atoms with E-state index >= 15 is 0 Å². The molecule has 20 heavy (non-hydrogen) atoms. The zero-order valence-corrected chi connectivity index (χ0v) is 13.4. The van der Waals surface area contributed by atoms with Crippen molar-refractivity contribution < 1.29 is 4.74 Å². The number of halogens is 1. The Balaban J connectivity index is 2.08. The highest BCUT2D eigenvalue weighted by Gasteiger charge is 2.25. The van der Waals surface area contributed by atoms with E-state index in [-0.39, 0.29) is 6.10 Å². The molecular weight excluding hydrogens is 270 g/mol. The number of benzene rings is 1. The first-order chi connectivity index (χ1) is 9.70. The number of nitrogens with one attached hydrogen (secondary N) is 1. The van der Waals surface area contributed by atoms with Gasteiger partial charge in [-0.15, -0.1) is 0 Å². The molecule has 0 bridgehead atoms. The van der Waals surface area contributed by atoms with Crippen molar-refractivity contribution in [2.24, 2.45) is 0 Å². The Morgan fingerprint density at radius 3 is 2.85 bits per heavy atom. The minimum Gasteiger partial charge on any atom is -0.488 e. The zero-order valence-electron chi connectivity index (χ0n) is 12.6. The van der Waals surface area contributed by atoms with Crippen LogP contribution in [0.1, 0.15) is 51.0 Å². The predicted molar refractivity (Wildman–Crippen MR) is 85.8 cm³/mol. The van der Waals surface area contributed by atoms with E-state index in [0.29, 0.717) is 6.04 Å². The first-order valence-electron chi connectivity index (χ1n) is 7.87. The molecule has 2 atom stereocenters. The summed E-state index contributed by atoms with van der Waals surface area (Å²) < 4.78 is 6.31. The molecule has 1 N–H and O–H groups in total. The van der Waals surface area contributed by atoms with Crippen LogP contribution in [0.3, 0.4) is 0 Å². The molecule has 2 rings (SSSR count). The van der Waals surface area contributed by atoms with Crippen LogP contribution in [-0.4, -0.2) is 18.7 Å². The van der Waals surface area contributed by atoms with Gasteiger partial charge in [0.05, 0.1) is 0 Å². The predicted octanol–water partition coefficient (Wildman–Crippen LogP) is 4.73.